The molecule has 0 saturated carbocycles. The van der Waals surface area contributed by atoms with Crippen molar-refractivity contribution in [1.29, 1.82) is 5.26 Å². The zero-order chi connectivity index (χ0) is 9.31. The van der Waals surface area contributed by atoms with Gasteiger partial charge in [0.1, 0.15) is 6.07 Å². The fourth-order valence-electron chi connectivity index (χ4n) is 1.41. The number of rotatable bonds is 2. The molecular formula is C11H11NO. The standard InChI is InChI=1S/C11H11NO/c1-2-9-4-3-5-10(6-9)11(7-12)8-13-11/h3-6H,2,8H2,1H3. The molecule has 0 amide bonds. The quantitative estimate of drug-likeness (QED) is 0.641. The average molecular weight is 173 g/mol. The summed E-state index contributed by atoms with van der Waals surface area (Å²) in [5.74, 6) is 0. The zero-order valence-electron chi connectivity index (χ0n) is 7.58. The van der Waals surface area contributed by atoms with Gasteiger partial charge in [0.25, 0.3) is 0 Å². The fraction of sp³-hybridized carbons (Fsp3) is 0.364. The van der Waals surface area contributed by atoms with Crippen LogP contribution in [0.4, 0.5) is 0 Å². The Hall–Kier alpha value is -1.33. The molecule has 1 fully saturated rings. The molecule has 1 aliphatic rings. The lowest BCUT2D eigenvalue weighted by molar-refractivity contribution is 0.363. The number of ether oxygens (including phenoxy) is 1. The van der Waals surface area contributed by atoms with Crippen LogP contribution >= 0.6 is 0 Å². The van der Waals surface area contributed by atoms with Gasteiger partial charge in [-0.3, -0.25) is 0 Å². The van der Waals surface area contributed by atoms with E-state index < -0.39 is 5.60 Å². The van der Waals surface area contributed by atoms with Gasteiger partial charge in [-0.1, -0.05) is 31.2 Å². The Kier molecular flexibility index (Phi) is 1.82. The molecule has 0 bridgehead atoms. The van der Waals surface area contributed by atoms with Crippen LogP contribution in [0.5, 0.6) is 0 Å². The van der Waals surface area contributed by atoms with Crippen molar-refractivity contribution < 1.29 is 4.74 Å². The molecule has 1 heterocycles. The SMILES string of the molecule is CCc1cccc(C2(C#N)CO2)c1. The molecule has 0 N–H and O–H groups in total. The minimum atomic E-state index is -0.620. The van der Waals surface area contributed by atoms with Gasteiger partial charge < -0.3 is 4.74 Å². The summed E-state index contributed by atoms with van der Waals surface area (Å²) < 4.78 is 5.17. The minimum absolute atomic E-state index is 0.538. The zero-order valence-corrected chi connectivity index (χ0v) is 7.58. The first kappa shape index (κ1) is 8.28. The van der Waals surface area contributed by atoms with Crippen molar-refractivity contribution in [2.75, 3.05) is 6.61 Å². The van der Waals surface area contributed by atoms with Crippen LogP contribution in [0, 0.1) is 11.3 Å². The van der Waals surface area contributed by atoms with E-state index in [9.17, 15) is 0 Å². The van der Waals surface area contributed by atoms with E-state index in [1.54, 1.807) is 0 Å². The van der Waals surface area contributed by atoms with Crippen molar-refractivity contribution in [3.63, 3.8) is 0 Å². The number of hydrogen-bond donors (Lipinski definition) is 0. The molecule has 2 nitrogen and oxygen atoms in total. The molecule has 1 aromatic rings. The van der Waals surface area contributed by atoms with Crippen molar-refractivity contribution in [1.82, 2.24) is 0 Å². The van der Waals surface area contributed by atoms with Gasteiger partial charge >= 0.3 is 0 Å². The topological polar surface area (TPSA) is 36.3 Å². The second-order valence-electron chi connectivity index (χ2n) is 3.28. The van der Waals surface area contributed by atoms with E-state index in [1.165, 1.54) is 5.56 Å². The maximum absolute atomic E-state index is 8.90. The highest BCUT2D eigenvalue weighted by atomic mass is 16.6. The Balaban J connectivity index is 2.37. The fourth-order valence-corrected chi connectivity index (χ4v) is 1.41. The molecule has 2 heteroatoms. The summed E-state index contributed by atoms with van der Waals surface area (Å²) >= 11 is 0. The molecular weight excluding hydrogens is 162 g/mol. The predicted molar refractivity (Wildman–Crippen MR) is 49.1 cm³/mol. The summed E-state index contributed by atoms with van der Waals surface area (Å²) in [6.07, 6.45) is 0.995. The third kappa shape index (κ3) is 1.32. The average Bonchev–Trinajstić information content (AvgIpc) is 2.99. The number of epoxide rings is 1. The van der Waals surface area contributed by atoms with E-state index >= 15 is 0 Å². The van der Waals surface area contributed by atoms with Crippen LogP contribution in [0.1, 0.15) is 18.1 Å². The number of nitrogens with zero attached hydrogens (tertiary/aromatic N) is 1. The lowest BCUT2D eigenvalue weighted by Crippen LogP contribution is -2.04. The van der Waals surface area contributed by atoms with E-state index in [1.807, 2.05) is 12.1 Å². The Morgan fingerprint density at radius 3 is 2.92 bits per heavy atom. The van der Waals surface area contributed by atoms with Gasteiger partial charge in [-0.15, -0.1) is 0 Å². The number of nitriles is 1. The molecule has 1 aliphatic heterocycles. The van der Waals surface area contributed by atoms with Gasteiger partial charge in [0, 0.05) is 5.56 Å². The largest absolute Gasteiger partial charge is 0.349 e. The molecule has 1 atom stereocenters. The minimum Gasteiger partial charge on any atom is -0.349 e. The maximum atomic E-state index is 8.90. The summed E-state index contributed by atoms with van der Waals surface area (Å²) in [5, 5.41) is 8.90. The molecule has 0 spiro atoms. The molecule has 0 radical (unpaired) electrons. The summed E-state index contributed by atoms with van der Waals surface area (Å²) in [6, 6.07) is 10.3. The van der Waals surface area contributed by atoms with Crippen LogP contribution in [-0.2, 0) is 16.8 Å². The van der Waals surface area contributed by atoms with Crippen LogP contribution in [0.3, 0.4) is 0 Å². The molecule has 0 aromatic heterocycles. The number of aryl methyl sites for hydroxylation is 1. The van der Waals surface area contributed by atoms with Crippen molar-refractivity contribution in [3.8, 4) is 6.07 Å². The highest BCUT2D eigenvalue weighted by Crippen LogP contribution is 2.37. The lowest BCUT2D eigenvalue weighted by atomic mass is 9.99. The molecule has 2 rings (SSSR count). The van der Waals surface area contributed by atoms with E-state index in [4.69, 9.17) is 10.00 Å². The number of benzene rings is 1. The molecule has 66 valence electrons. The van der Waals surface area contributed by atoms with Gasteiger partial charge in [-0.25, -0.2) is 0 Å². The van der Waals surface area contributed by atoms with Crippen LogP contribution in [0.15, 0.2) is 24.3 Å². The highest BCUT2D eigenvalue weighted by molar-refractivity contribution is 5.36. The summed E-state index contributed by atoms with van der Waals surface area (Å²) in [6.45, 7) is 2.64. The third-order valence-corrected chi connectivity index (χ3v) is 2.42. The van der Waals surface area contributed by atoms with E-state index in [2.05, 4.69) is 25.1 Å². The summed E-state index contributed by atoms with van der Waals surface area (Å²) in [7, 11) is 0. The Morgan fingerprint density at radius 2 is 2.38 bits per heavy atom. The molecule has 0 aliphatic carbocycles. The first-order valence-electron chi connectivity index (χ1n) is 4.45. The van der Waals surface area contributed by atoms with E-state index in [-0.39, 0.29) is 0 Å². The molecule has 1 unspecified atom stereocenters. The van der Waals surface area contributed by atoms with Crippen molar-refractivity contribution in [2.45, 2.75) is 18.9 Å². The first-order chi connectivity index (χ1) is 6.30. The molecule has 1 aromatic carbocycles. The Labute approximate surface area is 77.8 Å². The second kappa shape index (κ2) is 2.86. The van der Waals surface area contributed by atoms with E-state index in [0.29, 0.717) is 6.61 Å². The van der Waals surface area contributed by atoms with Crippen molar-refractivity contribution >= 4 is 0 Å². The molecule has 1 saturated heterocycles. The van der Waals surface area contributed by atoms with Crippen LogP contribution in [-0.4, -0.2) is 6.61 Å². The Morgan fingerprint density at radius 1 is 1.62 bits per heavy atom. The maximum Gasteiger partial charge on any atom is 0.203 e. The van der Waals surface area contributed by atoms with Gasteiger partial charge in [0.2, 0.25) is 5.60 Å². The second-order valence-corrected chi connectivity index (χ2v) is 3.28. The number of hydrogen-bond acceptors (Lipinski definition) is 2. The van der Waals surface area contributed by atoms with Crippen LogP contribution in [0.25, 0.3) is 0 Å². The van der Waals surface area contributed by atoms with Crippen molar-refractivity contribution in [2.24, 2.45) is 0 Å². The predicted octanol–water partition coefficient (Wildman–Crippen LogP) is 2.00. The van der Waals surface area contributed by atoms with Crippen LogP contribution < -0.4 is 0 Å². The van der Waals surface area contributed by atoms with Crippen molar-refractivity contribution in [3.05, 3.63) is 35.4 Å². The van der Waals surface area contributed by atoms with Gasteiger partial charge in [0.15, 0.2) is 0 Å². The van der Waals surface area contributed by atoms with Crippen LogP contribution in [0.2, 0.25) is 0 Å². The van der Waals surface area contributed by atoms with E-state index in [0.717, 1.165) is 12.0 Å². The highest BCUT2D eigenvalue weighted by Gasteiger charge is 2.47. The lowest BCUT2D eigenvalue weighted by Gasteiger charge is -2.04. The monoisotopic (exact) mass is 173 g/mol. The van der Waals surface area contributed by atoms with Gasteiger partial charge in [-0.05, 0) is 12.0 Å². The normalized spacial score (nSPS) is 25.2. The Bertz CT molecular complexity index is 361. The summed E-state index contributed by atoms with van der Waals surface area (Å²) in [4.78, 5) is 0. The smallest absolute Gasteiger partial charge is 0.203 e. The molecule has 13 heavy (non-hydrogen) atoms. The third-order valence-electron chi connectivity index (χ3n) is 2.42. The first-order valence-corrected chi connectivity index (χ1v) is 4.45. The van der Waals surface area contributed by atoms with Gasteiger partial charge in [-0.2, -0.15) is 5.26 Å². The summed E-state index contributed by atoms with van der Waals surface area (Å²) in [5.41, 5.74) is 1.63. The van der Waals surface area contributed by atoms with Gasteiger partial charge in [0.05, 0.1) is 6.61 Å².